The maximum Gasteiger partial charge on any atom is 0.228 e. The molecule has 0 atom stereocenters. The van der Waals surface area contributed by atoms with Crippen molar-refractivity contribution in [2.45, 2.75) is 38.8 Å². The van der Waals surface area contributed by atoms with Crippen LogP contribution in [0.15, 0.2) is 84.9 Å². The highest BCUT2D eigenvalue weighted by Gasteiger charge is 2.31. The first-order valence-corrected chi connectivity index (χ1v) is 11.9. The largest absolute Gasteiger partial charge is 0.299 e. The van der Waals surface area contributed by atoms with Crippen molar-refractivity contribution in [1.82, 2.24) is 14.7 Å². The van der Waals surface area contributed by atoms with Crippen molar-refractivity contribution in [3.8, 4) is 5.69 Å². The van der Waals surface area contributed by atoms with Gasteiger partial charge in [0.2, 0.25) is 5.91 Å². The van der Waals surface area contributed by atoms with E-state index in [0.29, 0.717) is 6.42 Å². The molecule has 5 rings (SSSR count). The fourth-order valence-corrected chi connectivity index (χ4v) is 4.84. The first kappa shape index (κ1) is 21.4. The molecule has 0 unspecified atom stereocenters. The molecule has 1 aromatic heterocycles. The van der Waals surface area contributed by atoms with Crippen LogP contribution in [0.3, 0.4) is 0 Å². The topological polar surface area (TPSA) is 41.4 Å². The molecule has 1 aliphatic rings. The van der Waals surface area contributed by atoms with Gasteiger partial charge in [0.15, 0.2) is 5.82 Å². The van der Waals surface area contributed by atoms with E-state index in [4.69, 9.17) is 5.10 Å². The van der Waals surface area contributed by atoms with Gasteiger partial charge in [-0.05, 0) is 42.7 Å². The standard InChI is InChI=1S/C28H30N4O/c1-2-27(33)31(23-17-19-30(20-18-23)21-22-11-5-3-6-12-22)28-25-15-9-10-16-26(25)32(29-28)24-13-7-4-8-14-24/h3-16,23H,2,17-21H2,1H3. The highest BCUT2D eigenvalue weighted by molar-refractivity contribution is 6.02. The molecule has 3 aromatic carbocycles. The van der Waals surface area contributed by atoms with Gasteiger partial charge in [-0.25, -0.2) is 4.68 Å². The Morgan fingerprint density at radius 1 is 0.909 bits per heavy atom. The fourth-order valence-electron chi connectivity index (χ4n) is 4.84. The number of benzene rings is 3. The van der Waals surface area contributed by atoms with Crippen LogP contribution < -0.4 is 4.90 Å². The fraction of sp³-hybridized carbons (Fsp3) is 0.286. The highest BCUT2D eigenvalue weighted by Crippen LogP contribution is 2.32. The Morgan fingerprint density at radius 2 is 1.55 bits per heavy atom. The lowest BCUT2D eigenvalue weighted by Crippen LogP contribution is -2.47. The summed E-state index contributed by atoms with van der Waals surface area (Å²) in [5, 5.41) is 6.02. The highest BCUT2D eigenvalue weighted by atomic mass is 16.2. The minimum absolute atomic E-state index is 0.139. The Hall–Kier alpha value is -3.44. The number of anilines is 1. The maximum absolute atomic E-state index is 13.2. The van der Waals surface area contributed by atoms with Gasteiger partial charge in [0.1, 0.15) is 0 Å². The molecule has 4 aromatic rings. The predicted octanol–water partition coefficient (Wildman–Crippen LogP) is 5.43. The van der Waals surface area contributed by atoms with Gasteiger partial charge in [0.05, 0.1) is 11.2 Å². The third kappa shape index (κ3) is 4.41. The average molecular weight is 439 g/mol. The second-order valence-corrected chi connectivity index (χ2v) is 8.70. The van der Waals surface area contributed by atoms with Crippen molar-refractivity contribution in [1.29, 1.82) is 0 Å². The summed E-state index contributed by atoms with van der Waals surface area (Å²) in [6.45, 7) is 4.85. The molecule has 0 saturated carbocycles. The van der Waals surface area contributed by atoms with Gasteiger partial charge in [-0.2, -0.15) is 0 Å². The molecular formula is C28H30N4O. The molecule has 0 radical (unpaired) electrons. The summed E-state index contributed by atoms with van der Waals surface area (Å²) in [6, 6.07) is 29.1. The lowest BCUT2D eigenvalue weighted by molar-refractivity contribution is -0.119. The molecular weight excluding hydrogens is 408 g/mol. The van der Waals surface area contributed by atoms with E-state index in [0.717, 1.165) is 54.9 Å². The lowest BCUT2D eigenvalue weighted by Gasteiger charge is -2.37. The van der Waals surface area contributed by atoms with Crippen LogP contribution in [-0.2, 0) is 11.3 Å². The number of carbonyl (C=O) groups excluding carboxylic acids is 1. The van der Waals surface area contributed by atoms with Crippen LogP contribution in [0.1, 0.15) is 31.7 Å². The van der Waals surface area contributed by atoms with Gasteiger partial charge >= 0.3 is 0 Å². The molecule has 0 spiro atoms. The number of amides is 1. The van der Waals surface area contributed by atoms with Crippen molar-refractivity contribution < 1.29 is 4.79 Å². The molecule has 1 amide bonds. The van der Waals surface area contributed by atoms with Gasteiger partial charge in [0, 0.05) is 37.5 Å². The van der Waals surface area contributed by atoms with Gasteiger partial charge in [0.25, 0.3) is 0 Å². The molecule has 33 heavy (non-hydrogen) atoms. The molecule has 5 heteroatoms. The SMILES string of the molecule is CCC(=O)N(c1nn(-c2ccccc2)c2ccccc12)C1CCN(Cc2ccccc2)CC1. The molecule has 1 saturated heterocycles. The van der Waals surface area contributed by atoms with E-state index in [1.165, 1.54) is 5.56 Å². The van der Waals surface area contributed by atoms with Crippen LogP contribution in [0.2, 0.25) is 0 Å². The van der Waals surface area contributed by atoms with Gasteiger partial charge in [-0.1, -0.05) is 67.6 Å². The summed E-state index contributed by atoms with van der Waals surface area (Å²) in [4.78, 5) is 17.7. The number of nitrogens with zero attached hydrogens (tertiary/aromatic N) is 4. The monoisotopic (exact) mass is 438 g/mol. The number of piperidine rings is 1. The predicted molar refractivity (Wildman–Crippen MR) is 134 cm³/mol. The Balaban J connectivity index is 1.44. The molecule has 1 aliphatic heterocycles. The van der Waals surface area contributed by atoms with E-state index in [1.807, 2.05) is 46.8 Å². The summed E-state index contributed by atoms with van der Waals surface area (Å²) in [5.41, 5.74) is 3.36. The van der Waals surface area contributed by atoms with Crippen LogP contribution >= 0.6 is 0 Å². The summed E-state index contributed by atoms with van der Waals surface area (Å²) in [7, 11) is 0. The Bertz CT molecular complexity index is 1210. The zero-order valence-corrected chi connectivity index (χ0v) is 19.1. The molecule has 1 fully saturated rings. The summed E-state index contributed by atoms with van der Waals surface area (Å²) < 4.78 is 1.96. The number of hydrogen-bond acceptors (Lipinski definition) is 3. The minimum atomic E-state index is 0.139. The van der Waals surface area contributed by atoms with Gasteiger partial charge in [-0.15, -0.1) is 5.10 Å². The summed E-state index contributed by atoms with van der Waals surface area (Å²) >= 11 is 0. The van der Waals surface area contributed by atoms with E-state index in [9.17, 15) is 4.79 Å². The smallest absolute Gasteiger partial charge is 0.228 e. The molecule has 168 valence electrons. The lowest BCUT2D eigenvalue weighted by atomic mass is 10.0. The molecule has 0 bridgehead atoms. The van der Waals surface area contributed by atoms with Crippen molar-refractivity contribution >= 4 is 22.6 Å². The third-order valence-corrected chi connectivity index (χ3v) is 6.54. The van der Waals surface area contributed by atoms with E-state index >= 15 is 0 Å². The number of carbonyl (C=O) groups is 1. The van der Waals surface area contributed by atoms with Crippen molar-refractivity contribution in [3.05, 3.63) is 90.5 Å². The number of aromatic nitrogens is 2. The zero-order valence-electron chi connectivity index (χ0n) is 19.1. The van der Waals surface area contributed by atoms with E-state index in [2.05, 4.69) is 59.5 Å². The second-order valence-electron chi connectivity index (χ2n) is 8.70. The molecule has 5 nitrogen and oxygen atoms in total. The Kier molecular flexibility index (Phi) is 6.22. The normalized spacial score (nSPS) is 15.1. The maximum atomic E-state index is 13.2. The van der Waals surface area contributed by atoms with Crippen molar-refractivity contribution in [3.63, 3.8) is 0 Å². The average Bonchev–Trinajstić information content (AvgIpc) is 3.25. The Morgan fingerprint density at radius 3 is 2.24 bits per heavy atom. The van der Waals surface area contributed by atoms with Crippen LogP contribution in [0.25, 0.3) is 16.6 Å². The van der Waals surface area contributed by atoms with Crippen molar-refractivity contribution in [2.75, 3.05) is 18.0 Å². The quantitative estimate of drug-likeness (QED) is 0.403. The van der Waals surface area contributed by atoms with E-state index in [1.54, 1.807) is 0 Å². The van der Waals surface area contributed by atoms with Gasteiger partial charge in [-0.3, -0.25) is 14.6 Å². The summed E-state index contributed by atoms with van der Waals surface area (Å²) in [6.07, 6.45) is 2.37. The molecule has 2 heterocycles. The van der Waals surface area contributed by atoms with Crippen LogP contribution in [0.4, 0.5) is 5.82 Å². The van der Waals surface area contributed by atoms with Crippen LogP contribution in [-0.4, -0.2) is 39.7 Å². The minimum Gasteiger partial charge on any atom is -0.299 e. The van der Waals surface area contributed by atoms with Crippen LogP contribution in [0, 0.1) is 0 Å². The number of rotatable bonds is 6. The van der Waals surface area contributed by atoms with E-state index < -0.39 is 0 Å². The number of para-hydroxylation sites is 2. The summed E-state index contributed by atoms with van der Waals surface area (Å²) in [5.74, 6) is 0.919. The van der Waals surface area contributed by atoms with Crippen LogP contribution in [0.5, 0.6) is 0 Å². The second kappa shape index (κ2) is 9.59. The third-order valence-electron chi connectivity index (χ3n) is 6.54. The zero-order chi connectivity index (χ0) is 22.6. The number of hydrogen-bond donors (Lipinski definition) is 0. The molecule has 0 N–H and O–H groups in total. The number of likely N-dealkylation sites (tertiary alicyclic amines) is 1. The first-order chi connectivity index (χ1) is 16.2. The van der Waals surface area contributed by atoms with Crippen molar-refractivity contribution in [2.24, 2.45) is 0 Å². The van der Waals surface area contributed by atoms with Gasteiger partial charge < -0.3 is 0 Å². The first-order valence-electron chi connectivity index (χ1n) is 11.9. The molecule has 0 aliphatic carbocycles. The number of fused-ring (bicyclic) bond motifs is 1. The van der Waals surface area contributed by atoms with E-state index in [-0.39, 0.29) is 11.9 Å². The Labute approximate surface area is 195 Å².